The highest BCUT2D eigenvalue weighted by Crippen LogP contribution is 2.48. The van der Waals surface area contributed by atoms with Gasteiger partial charge in [0.05, 0.1) is 5.41 Å². The van der Waals surface area contributed by atoms with E-state index in [1.807, 2.05) is 12.1 Å². The number of carboxylic acids is 1. The third-order valence-electron chi connectivity index (χ3n) is 5.95. The third-order valence-corrected chi connectivity index (χ3v) is 7.65. The molecule has 1 spiro atoms. The number of aromatic carboxylic acids is 1. The summed E-state index contributed by atoms with van der Waals surface area (Å²) in [6, 6.07) is 6.53. The van der Waals surface area contributed by atoms with Gasteiger partial charge in [-0.25, -0.2) is 9.78 Å². The maximum absolute atomic E-state index is 13.6. The minimum Gasteiger partial charge on any atom is -0.477 e. The van der Waals surface area contributed by atoms with Crippen LogP contribution in [0, 0.1) is 0 Å². The highest BCUT2D eigenvalue weighted by molar-refractivity contribution is 6.76. The zero-order valence-electron chi connectivity index (χ0n) is 17.1. The Morgan fingerprint density at radius 3 is 2.93 bits per heavy atom. The van der Waals surface area contributed by atoms with Crippen molar-refractivity contribution >= 4 is 25.8 Å². The molecule has 0 unspecified atom stereocenters. The van der Waals surface area contributed by atoms with E-state index in [4.69, 9.17) is 4.74 Å². The summed E-state index contributed by atoms with van der Waals surface area (Å²) in [4.78, 5) is 34.0. The molecule has 3 heterocycles. The van der Waals surface area contributed by atoms with Gasteiger partial charge in [0.15, 0.2) is 0 Å². The number of nitrogens with one attached hydrogen (secondary N) is 1. The number of hydrogen-bond acceptors (Lipinski definition) is 4. The van der Waals surface area contributed by atoms with E-state index in [1.165, 1.54) is 0 Å². The molecule has 154 valence electrons. The predicted octanol–water partition coefficient (Wildman–Crippen LogP) is 3.19. The van der Waals surface area contributed by atoms with Gasteiger partial charge < -0.3 is 14.8 Å². The van der Waals surface area contributed by atoms with Crippen molar-refractivity contribution in [3.05, 3.63) is 46.9 Å². The standard InChI is InChI=1S/C21H27N3O4Si/c1-29(2,3)10-9-28-13-24-18-15(5-4-8-22-18)21(20(24)27)7-6-16-14(12-21)11-17(23-16)19(25)26/h4-5,8,11,23H,6-7,9-10,12-13H2,1-3H3,(H,25,26)/t21-/m1/s1. The molecule has 1 aliphatic heterocycles. The monoisotopic (exact) mass is 413 g/mol. The summed E-state index contributed by atoms with van der Waals surface area (Å²) in [6.45, 7) is 7.73. The van der Waals surface area contributed by atoms with Gasteiger partial charge in [0, 0.05) is 32.1 Å². The molecule has 0 fully saturated rings. The van der Waals surface area contributed by atoms with Crippen LogP contribution >= 0.6 is 0 Å². The Morgan fingerprint density at radius 2 is 2.21 bits per heavy atom. The van der Waals surface area contributed by atoms with Crippen molar-refractivity contribution in [3.8, 4) is 0 Å². The Hall–Kier alpha value is -2.45. The number of rotatable bonds is 6. The van der Waals surface area contributed by atoms with Gasteiger partial charge in [-0.3, -0.25) is 9.69 Å². The van der Waals surface area contributed by atoms with Crippen LogP contribution in [0.3, 0.4) is 0 Å². The SMILES string of the molecule is C[Si](C)(C)CCOCN1C(=O)[C@@]2(CCc3[nH]c(C(=O)O)cc3C2)c2cccnc21. The van der Waals surface area contributed by atoms with E-state index in [-0.39, 0.29) is 18.3 Å². The third kappa shape index (κ3) is 3.51. The van der Waals surface area contributed by atoms with Crippen LogP contribution in [0.15, 0.2) is 24.4 Å². The fourth-order valence-corrected chi connectivity index (χ4v) is 5.07. The van der Waals surface area contributed by atoms with Crippen LogP contribution in [0.25, 0.3) is 0 Å². The van der Waals surface area contributed by atoms with Gasteiger partial charge in [0.25, 0.3) is 0 Å². The lowest BCUT2D eigenvalue weighted by Gasteiger charge is -2.32. The largest absolute Gasteiger partial charge is 0.477 e. The van der Waals surface area contributed by atoms with Gasteiger partial charge in [0.1, 0.15) is 18.2 Å². The second kappa shape index (κ2) is 7.10. The molecule has 0 radical (unpaired) electrons. The maximum atomic E-state index is 13.6. The van der Waals surface area contributed by atoms with Gasteiger partial charge in [-0.15, -0.1) is 0 Å². The topological polar surface area (TPSA) is 95.5 Å². The number of hydrogen-bond donors (Lipinski definition) is 2. The number of fused-ring (bicyclic) bond motifs is 3. The first-order valence-electron chi connectivity index (χ1n) is 10.0. The molecule has 2 aliphatic rings. The fourth-order valence-electron chi connectivity index (χ4n) is 4.31. The van der Waals surface area contributed by atoms with Crippen LogP contribution in [0.2, 0.25) is 25.7 Å². The van der Waals surface area contributed by atoms with Gasteiger partial charge in [-0.2, -0.15) is 0 Å². The highest BCUT2D eigenvalue weighted by Gasteiger charge is 2.53. The van der Waals surface area contributed by atoms with Gasteiger partial charge in [-0.1, -0.05) is 25.7 Å². The Balaban J connectivity index is 1.60. The van der Waals surface area contributed by atoms with E-state index >= 15 is 0 Å². The number of pyridine rings is 1. The summed E-state index contributed by atoms with van der Waals surface area (Å²) in [5.41, 5.74) is 2.21. The average molecular weight is 414 g/mol. The molecule has 8 heteroatoms. The number of anilines is 1. The summed E-state index contributed by atoms with van der Waals surface area (Å²) >= 11 is 0. The van der Waals surface area contributed by atoms with E-state index in [0.29, 0.717) is 31.7 Å². The molecular formula is C21H27N3O4Si. The molecule has 0 aromatic carbocycles. The predicted molar refractivity (Wildman–Crippen MR) is 112 cm³/mol. The van der Waals surface area contributed by atoms with Crippen molar-refractivity contribution < 1.29 is 19.4 Å². The zero-order chi connectivity index (χ0) is 20.8. The van der Waals surface area contributed by atoms with Crippen molar-refractivity contribution in [2.45, 2.75) is 50.4 Å². The van der Waals surface area contributed by atoms with Crippen molar-refractivity contribution in [2.24, 2.45) is 0 Å². The minimum atomic E-state index is -1.20. The number of carbonyl (C=O) groups excluding carboxylic acids is 1. The van der Waals surface area contributed by atoms with Crippen LogP contribution in [0.4, 0.5) is 5.82 Å². The Labute approximate surface area is 171 Å². The van der Waals surface area contributed by atoms with Gasteiger partial charge in [-0.05, 0) is 43.0 Å². The normalized spacial score (nSPS) is 20.8. The van der Waals surface area contributed by atoms with Crippen LogP contribution in [0.5, 0.6) is 0 Å². The van der Waals surface area contributed by atoms with Crippen LogP contribution in [0.1, 0.15) is 33.7 Å². The zero-order valence-corrected chi connectivity index (χ0v) is 18.1. The highest BCUT2D eigenvalue weighted by atomic mass is 28.3. The quantitative estimate of drug-likeness (QED) is 0.560. The van der Waals surface area contributed by atoms with Crippen LogP contribution in [-0.2, 0) is 27.8 Å². The molecule has 0 bridgehead atoms. The number of aromatic amines is 1. The van der Waals surface area contributed by atoms with E-state index in [0.717, 1.165) is 22.9 Å². The van der Waals surface area contributed by atoms with Crippen LogP contribution in [-0.4, -0.2) is 48.4 Å². The average Bonchev–Trinajstić information content (AvgIpc) is 3.18. The van der Waals surface area contributed by atoms with Gasteiger partial charge in [0.2, 0.25) is 5.91 Å². The Bertz CT molecular complexity index is 965. The van der Waals surface area contributed by atoms with Crippen molar-refractivity contribution in [1.29, 1.82) is 0 Å². The van der Waals surface area contributed by atoms with Gasteiger partial charge >= 0.3 is 5.97 Å². The molecule has 1 atom stereocenters. The van der Waals surface area contributed by atoms with Crippen molar-refractivity contribution in [1.82, 2.24) is 9.97 Å². The number of amides is 1. The Morgan fingerprint density at radius 1 is 1.41 bits per heavy atom. The summed E-state index contributed by atoms with van der Waals surface area (Å²) in [5.74, 6) is -0.309. The number of ether oxygens (including phenoxy) is 1. The van der Waals surface area contributed by atoms with E-state index < -0.39 is 19.5 Å². The van der Waals surface area contributed by atoms with E-state index in [1.54, 1.807) is 17.2 Å². The molecule has 29 heavy (non-hydrogen) atoms. The molecule has 1 aliphatic carbocycles. The minimum absolute atomic E-state index is 0.00271. The number of carboxylic acid groups (broad SMARTS) is 1. The van der Waals surface area contributed by atoms with Crippen molar-refractivity contribution in [3.63, 3.8) is 0 Å². The van der Waals surface area contributed by atoms with Crippen molar-refractivity contribution in [2.75, 3.05) is 18.2 Å². The molecular weight excluding hydrogens is 386 g/mol. The second-order valence-corrected chi connectivity index (χ2v) is 14.8. The molecule has 0 saturated carbocycles. The fraction of sp³-hybridized carbons (Fsp3) is 0.476. The van der Waals surface area contributed by atoms with Crippen LogP contribution < -0.4 is 4.90 Å². The first-order chi connectivity index (χ1) is 13.7. The first-order valence-corrected chi connectivity index (χ1v) is 13.7. The van der Waals surface area contributed by atoms with E-state index in [2.05, 4.69) is 29.6 Å². The number of H-pyrrole nitrogens is 1. The molecule has 7 nitrogen and oxygen atoms in total. The van der Waals surface area contributed by atoms with E-state index in [9.17, 15) is 14.7 Å². The number of aromatic nitrogens is 2. The molecule has 2 N–H and O–H groups in total. The first kappa shape index (κ1) is 19.8. The molecule has 2 aromatic rings. The summed E-state index contributed by atoms with van der Waals surface area (Å²) in [7, 11) is -1.20. The molecule has 2 aromatic heterocycles. The number of aryl methyl sites for hydroxylation is 1. The summed E-state index contributed by atoms with van der Waals surface area (Å²) in [5, 5.41) is 9.29. The smallest absolute Gasteiger partial charge is 0.352 e. The molecule has 4 rings (SSSR count). The summed E-state index contributed by atoms with van der Waals surface area (Å²) < 4.78 is 5.88. The molecule has 0 saturated heterocycles. The lowest BCUT2D eigenvalue weighted by molar-refractivity contribution is -0.124. The number of nitrogens with zero attached hydrogens (tertiary/aromatic N) is 2. The lowest BCUT2D eigenvalue weighted by atomic mass is 9.70. The Kier molecular flexibility index (Phi) is 4.86. The molecule has 1 amide bonds. The second-order valence-electron chi connectivity index (χ2n) is 9.21. The summed E-state index contributed by atoms with van der Waals surface area (Å²) in [6.07, 6.45) is 3.44. The lowest BCUT2D eigenvalue weighted by Crippen LogP contribution is -2.45. The maximum Gasteiger partial charge on any atom is 0.352 e. The number of carbonyl (C=O) groups is 2.